The Morgan fingerprint density at radius 3 is 2.44 bits per heavy atom. The summed E-state index contributed by atoms with van der Waals surface area (Å²) in [6, 6.07) is 4.59. The van der Waals surface area contributed by atoms with Crippen LogP contribution in [0, 0.1) is 12.8 Å². The molecule has 0 radical (unpaired) electrons. The molecule has 0 atom stereocenters. The van der Waals surface area contributed by atoms with E-state index in [2.05, 4.69) is 5.32 Å². The monoisotopic (exact) mass is 368 g/mol. The molecule has 1 saturated carbocycles. The second-order valence-electron chi connectivity index (χ2n) is 6.00. The highest BCUT2D eigenvalue weighted by Gasteiger charge is 2.31. The van der Waals surface area contributed by atoms with Gasteiger partial charge in [0.1, 0.15) is 0 Å². The predicted molar refractivity (Wildman–Crippen MR) is 93.6 cm³/mol. The summed E-state index contributed by atoms with van der Waals surface area (Å²) in [6.45, 7) is 5.66. The summed E-state index contributed by atoms with van der Waals surface area (Å²) in [6.07, 6.45) is 1.62. The lowest BCUT2D eigenvalue weighted by atomic mass is 10.2. The van der Waals surface area contributed by atoms with Gasteiger partial charge in [-0.25, -0.2) is 8.42 Å². The zero-order chi connectivity index (χ0) is 18.6. The maximum Gasteiger partial charge on any atom is 0.309 e. The van der Waals surface area contributed by atoms with Crippen LogP contribution in [0.5, 0.6) is 0 Å². The first-order chi connectivity index (χ1) is 11.8. The molecule has 138 valence electrons. The lowest BCUT2D eigenvalue weighted by Crippen LogP contribution is -2.30. The molecule has 1 amide bonds. The fourth-order valence-corrected chi connectivity index (χ4v) is 3.85. The molecule has 0 aliphatic heterocycles. The molecule has 0 unspecified atom stereocenters. The van der Waals surface area contributed by atoms with Crippen molar-refractivity contribution in [2.45, 2.75) is 38.5 Å². The number of carbonyl (C=O) groups excluding carboxylic acids is 2. The summed E-state index contributed by atoms with van der Waals surface area (Å²) in [5.41, 5.74) is 1.11. The van der Waals surface area contributed by atoms with Gasteiger partial charge < -0.3 is 10.1 Å². The zero-order valence-electron chi connectivity index (χ0n) is 14.7. The van der Waals surface area contributed by atoms with Gasteiger partial charge in [0, 0.05) is 18.8 Å². The van der Waals surface area contributed by atoms with Gasteiger partial charge in [-0.15, -0.1) is 0 Å². The van der Waals surface area contributed by atoms with Crippen LogP contribution in [0.4, 0.5) is 5.69 Å². The Kier molecular flexibility index (Phi) is 6.18. The van der Waals surface area contributed by atoms with Crippen molar-refractivity contribution >= 4 is 27.6 Å². The van der Waals surface area contributed by atoms with Crippen LogP contribution in [0.25, 0.3) is 0 Å². The van der Waals surface area contributed by atoms with E-state index >= 15 is 0 Å². The minimum Gasteiger partial charge on any atom is -0.455 e. The van der Waals surface area contributed by atoms with Crippen LogP contribution < -0.4 is 5.32 Å². The van der Waals surface area contributed by atoms with Gasteiger partial charge in [0.15, 0.2) is 6.61 Å². The van der Waals surface area contributed by atoms with E-state index in [1.54, 1.807) is 26.8 Å². The van der Waals surface area contributed by atoms with Crippen molar-refractivity contribution in [3.05, 3.63) is 23.8 Å². The third-order valence-electron chi connectivity index (χ3n) is 4.08. The lowest BCUT2D eigenvalue weighted by molar-refractivity contribution is -0.148. The van der Waals surface area contributed by atoms with Crippen LogP contribution in [0.15, 0.2) is 23.1 Å². The Labute approximate surface area is 148 Å². The first-order valence-electron chi connectivity index (χ1n) is 8.36. The average molecular weight is 368 g/mol. The number of carbonyl (C=O) groups is 2. The van der Waals surface area contributed by atoms with Crippen LogP contribution in [0.2, 0.25) is 0 Å². The number of ether oxygens (including phenoxy) is 1. The van der Waals surface area contributed by atoms with Gasteiger partial charge in [0.25, 0.3) is 5.91 Å². The Morgan fingerprint density at radius 2 is 1.88 bits per heavy atom. The molecule has 1 N–H and O–H groups in total. The number of amides is 1. The van der Waals surface area contributed by atoms with E-state index in [9.17, 15) is 18.0 Å². The molecule has 7 nitrogen and oxygen atoms in total. The van der Waals surface area contributed by atoms with E-state index in [-0.39, 0.29) is 23.4 Å². The smallest absolute Gasteiger partial charge is 0.309 e. The molecular weight excluding hydrogens is 344 g/mol. The summed E-state index contributed by atoms with van der Waals surface area (Å²) in [5, 5.41) is 2.61. The van der Waals surface area contributed by atoms with Gasteiger partial charge in [0.2, 0.25) is 10.0 Å². The molecule has 1 fully saturated rings. The number of nitrogens with one attached hydrogen (secondary N) is 1. The van der Waals surface area contributed by atoms with Crippen LogP contribution >= 0.6 is 0 Å². The van der Waals surface area contributed by atoms with Crippen molar-refractivity contribution in [1.29, 1.82) is 0 Å². The second kappa shape index (κ2) is 7.97. The Morgan fingerprint density at radius 1 is 1.24 bits per heavy atom. The molecule has 2 rings (SSSR count). The number of hydrogen-bond acceptors (Lipinski definition) is 5. The first kappa shape index (κ1) is 19.4. The molecule has 25 heavy (non-hydrogen) atoms. The van der Waals surface area contributed by atoms with Gasteiger partial charge in [-0.3, -0.25) is 9.59 Å². The topological polar surface area (TPSA) is 92.8 Å². The first-order valence-corrected chi connectivity index (χ1v) is 9.80. The summed E-state index contributed by atoms with van der Waals surface area (Å²) in [7, 11) is -3.61. The SMILES string of the molecule is CCN(CC)S(=O)(=O)c1ccc(C)c(NC(=O)COC(=O)C2CC2)c1. The van der Waals surface area contributed by atoms with Gasteiger partial charge >= 0.3 is 5.97 Å². The molecule has 1 aliphatic rings. The quantitative estimate of drug-likeness (QED) is 0.708. The minimum atomic E-state index is -3.61. The number of benzene rings is 1. The van der Waals surface area contributed by atoms with Crippen molar-refractivity contribution in [3.63, 3.8) is 0 Å². The Bertz CT molecular complexity index is 752. The Hall–Kier alpha value is -1.93. The highest BCUT2D eigenvalue weighted by atomic mass is 32.2. The van der Waals surface area contributed by atoms with E-state index in [0.29, 0.717) is 18.8 Å². The highest BCUT2D eigenvalue weighted by molar-refractivity contribution is 7.89. The Balaban J connectivity index is 2.10. The van der Waals surface area contributed by atoms with E-state index < -0.39 is 15.9 Å². The fourth-order valence-electron chi connectivity index (χ4n) is 2.37. The molecule has 0 heterocycles. The summed E-state index contributed by atoms with van der Waals surface area (Å²) in [4.78, 5) is 23.6. The van der Waals surface area contributed by atoms with E-state index in [1.165, 1.54) is 16.4 Å². The zero-order valence-corrected chi connectivity index (χ0v) is 15.6. The summed E-state index contributed by atoms with van der Waals surface area (Å²) in [5.74, 6) is -0.920. The van der Waals surface area contributed by atoms with E-state index in [4.69, 9.17) is 4.74 Å². The number of nitrogens with zero attached hydrogens (tertiary/aromatic N) is 1. The van der Waals surface area contributed by atoms with Crippen molar-refractivity contribution in [1.82, 2.24) is 4.31 Å². The average Bonchev–Trinajstić information content (AvgIpc) is 3.40. The third kappa shape index (κ3) is 4.79. The van der Waals surface area contributed by atoms with Crippen molar-refractivity contribution in [2.75, 3.05) is 25.0 Å². The number of hydrogen-bond donors (Lipinski definition) is 1. The minimum absolute atomic E-state index is 0.0722. The second-order valence-corrected chi connectivity index (χ2v) is 7.93. The maximum absolute atomic E-state index is 12.6. The number of esters is 1. The standard InChI is InChI=1S/C17H24N2O5S/c1-4-19(5-2)25(22,23)14-9-6-12(3)15(10-14)18-16(20)11-24-17(21)13-7-8-13/h6,9-10,13H,4-5,7-8,11H2,1-3H3,(H,18,20). The maximum atomic E-state index is 12.6. The summed E-state index contributed by atoms with van der Waals surface area (Å²) < 4.78 is 31.4. The van der Waals surface area contributed by atoms with Crippen LogP contribution in [-0.2, 0) is 24.3 Å². The fraction of sp³-hybridized carbons (Fsp3) is 0.529. The molecule has 0 bridgehead atoms. The van der Waals surface area contributed by atoms with Crippen LogP contribution in [0.3, 0.4) is 0 Å². The molecule has 1 aromatic carbocycles. The van der Waals surface area contributed by atoms with E-state index in [1.807, 2.05) is 0 Å². The normalized spacial score (nSPS) is 14.4. The molecule has 1 aliphatic carbocycles. The third-order valence-corrected chi connectivity index (χ3v) is 6.13. The van der Waals surface area contributed by atoms with Crippen molar-refractivity contribution in [3.8, 4) is 0 Å². The number of anilines is 1. The number of sulfonamides is 1. The van der Waals surface area contributed by atoms with Gasteiger partial charge in [-0.1, -0.05) is 19.9 Å². The summed E-state index contributed by atoms with van der Waals surface area (Å²) >= 11 is 0. The number of aryl methyl sites for hydroxylation is 1. The molecule has 1 aromatic rings. The lowest BCUT2D eigenvalue weighted by Gasteiger charge is -2.19. The molecule has 0 saturated heterocycles. The van der Waals surface area contributed by atoms with Crippen molar-refractivity contribution < 1.29 is 22.7 Å². The molecule has 0 aromatic heterocycles. The highest BCUT2D eigenvalue weighted by Crippen LogP contribution is 2.30. The van der Waals surface area contributed by atoms with Gasteiger partial charge in [-0.05, 0) is 37.5 Å². The molecule has 0 spiro atoms. The van der Waals surface area contributed by atoms with E-state index in [0.717, 1.165) is 18.4 Å². The molecular formula is C17H24N2O5S. The largest absolute Gasteiger partial charge is 0.455 e. The van der Waals surface area contributed by atoms with Gasteiger partial charge in [0.05, 0.1) is 10.8 Å². The van der Waals surface area contributed by atoms with Crippen molar-refractivity contribution in [2.24, 2.45) is 5.92 Å². The predicted octanol–water partition coefficient (Wildman–Crippen LogP) is 1.92. The van der Waals surface area contributed by atoms with Gasteiger partial charge in [-0.2, -0.15) is 4.31 Å². The molecule has 8 heteroatoms. The number of rotatable bonds is 8. The van der Waals surface area contributed by atoms with Crippen LogP contribution in [0.1, 0.15) is 32.3 Å². The van der Waals surface area contributed by atoms with Crippen LogP contribution in [-0.4, -0.2) is 44.3 Å².